The van der Waals surface area contributed by atoms with Crippen molar-refractivity contribution in [3.05, 3.63) is 29.8 Å². The van der Waals surface area contributed by atoms with Gasteiger partial charge in [-0.3, -0.25) is 4.79 Å². The van der Waals surface area contributed by atoms with Crippen LogP contribution in [-0.4, -0.2) is 35.7 Å². The highest BCUT2D eigenvalue weighted by molar-refractivity contribution is 8.03. The second-order valence-electron chi connectivity index (χ2n) is 4.78. The highest BCUT2D eigenvalue weighted by Crippen LogP contribution is 2.18. The minimum Gasteiger partial charge on any atom is -0.481 e. The number of benzene rings is 1. The highest BCUT2D eigenvalue weighted by Gasteiger charge is 2.07. The van der Waals surface area contributed by atoms with E-state index < -0.39 is 5.97 Å². The van der Waals surface area contributed by atoms with Gasteiger partial charge >= 0.3 is 5.97 Å². The number of thioether (sulfide) groups is 2. The van der Waals surface area contributed by atoms with Gasteiger partial charge in [-0.15, -0.1) is 0 Å². The van der Waals surface area contributed by atoms with Gasteiger partial charge < -0.3 is 10.0 Å². The number of aryl methyl sites for hydroxylation is 1. The maximum absolute atomic E-state index is 10.5. The molecule has 1 N–H and O–H groups in total. The van der Waals surface area contributed by atoms with Gasteiger partial charge in [-0.05, 0) is 54.1 Å². The molecule has 0 saturated carbocycles. The number of carboxylic acid groups (broad SMARTS) is 1. The van der Waals surface area contributed by atoms with E-state index in [4.69, 9.17) is 15.6 Å². The molecule has 0 heterocycles. The van der Waals surface area contributed by atoms with Crippen molar-refractivity contribution in [2.24, 2.45) is 0 Å². The Hall–Kier alpha value is -1.83. The van der Waals surface area contributed by atoms with Crippen molar-refractivity contribution >= 4 is 35.2 Å². The van der Waals surface area contributed by atoms with Crippen LogP contribution in [0.1, 0.15) is 18.4 Å². The normalized spacial score (nSPS) is 9.83. The molecule has 122 valence electrons. The van der Waals surface area contributed by atoms with Crippen molar-refractivity contribution < 1.29 is 9.90 Å². The van der Waals surface area contributed by atoms with Gasteiger partial charge in [0.25, 0.3) is 0 Å². The van der Waals surface area contributed by atoms with E-state index in [1.807, 2.05) is 24.3 Å². The molecular formula is C16H19N3O2S2. The van der Waals surface area contributed by atoms with E-state index in [1.54, 1.807) is 0 Å². The number of rotatable bonds is 11. The molecule has 0 atom stereocenters. The summed E-state index contributed by atoms with van der Waals surface area (Å²) >= 11 is 2.45. The van der Waals surface area contributed by atoms with E-state index >= 15 is 0 Å². The Balaban J connectivity index is 2.60. The number of carbonyl (C=O) groups is 1. The smallest absolute Gasteiger partial charge is 0.303 e. The number of nitriles is 2. The fraction of sp³-hybridized carbons (Fsp3) is 0.438. The van der Waals surface area contributed by atoms with Crippen LogP contribution in [0.2, 0.25) is 0 Å². The minimum atomic E-state index is -0.766. The molecule has 0 aliphatic heterocycles. The van der Waals surface area contributed by atoms with Gasteiger partial charge in [0.15, 0.2) is 0 Å². The maximum atomic E-state index is 10.5. The molecule has 5 nitrogen and oxygen atoms in total. The molecule has 0 aliphatic rings. The van der Waals surface area contributed by atoms with Gasteiger partial charge in [0, 0.05) is 36.7 Å². The Morgan fingerprint density at radius 1 is 1.09 bits per heavy atom. The van der Waals surface area contributed by atoms with Gasteiger partial charge in [-0.25, -0.2) is 0 Å². The average molecular weight is 349 g/mol. The predicted octanol–water partition coefficient (Wildman–Crippen LogP) is 3.33. The molecule has 0 fully saturated rings. The predicted molar refractivity (Wildman–Crippen MR) is 95.4 cm³/mol. The largest absolute Gasteiger partial charge is 0.481 e. The maximum Gasteiger partial charge on any atom is 0.303 e. The third kappa shape index (κ3) is 8.39. The van der Waals surface area contributed by atoms with E-state index in [2.05, 4.69) is 15.7 Å². The number of thiocyanates is 2. The minimum absolute atomic E-state index is 0.185. The summed E-state index contributed by atoms with van der Waals surface area (Å²) in [6.07, 6.45) is 1.57. The molecule has 0 aromatic heterocycles. The summed E-state index contributed by atoms with van der Waals surface area (Å²) in [5, 5.41) is 30.0. The Bertz CT molecular complexity index is 544. The van der Waals surface area contributed by atoms with E-state index in [-0.39, 0.29) is 6.42 Å². The molecular weight excluding hydrogens is 330 g/mol. The number of nitrogens with zero attached hydrogens (tertiary/aromatic N) is 3. The molecule has 0 amide bonds. The molecule has 0 bridgehead atoms. The lowest BCUT2D eigenvalue weighted by Gasteiger charge is -2.24. The zero-order valence-corrected chi connectivity index (χ0v) is 14.4. The lowest BCUT2D eigenvalue weighted by molar-refractivity contribution is -0.137. The van der Waals surface area contributed by atoms with E-state index in [0.29, 0.717) is 17.9 Å². The van der Waals surface area contributed by atoms with Crippen molar-refractivity contribution in [1.82, 2.24) is 0 Å². The van der Waals surface area contributed by atoms with Crippen LogP contribution in [0.15, 0.2) is 24.3 Å². The summed E-state index contributed by atoms with van der Waals surface area (Å²) in [4.78, 5) is 12.7. The van der Waals surface area contributed by atoms with Crippen molar-refractivity contribution in [2.45, 2.75) is 19.3 Å². The second-order valence-corrected chi connectivity index (χ2v) is 6.54. The quantitative estimate of drug-likeness (QED) is 0.484. The lowest BCUT2D eigenvalue weighted by Crippen LogP contribution is -2.28. The summed E-state index contributed by atoms with van der Waals surface area (Å²) in [5.74, 6) is 0.667. The molecule has 0 aliphatic carbocycles. The Morgan fingerprint density at radius 3 is 2.13 bits per heavy atom. The molecule has 1 aromatic carbocycles. The van der Waals surface area contributed by atoms with Crippen molar-refractivity contribution in [3.63, 3.8) is 0 Å². The standard InChI is InChI=1S/C16H19N3O2S2/c17-12-22-10-8-19(9-11-23-13-18)15-6-4-14(5-7-15)2-1-3-16(20)21/h4-7H,1-3,8-11H2,(H,20,21). The molecule has 23 heavy (non-hydrogen) atoms. The van der Waals surface area contributed by atoms with Crippen LogP contribution in [0.4, 0.5) is 5.69 Å². The molecule has 0 radical (unpaired) electrons. The fourth-order valence-corrected chi connectivity index (χ4v) is 2.90. The van der Waals surface area contributed by atoms with Crippen molar-refractivity contribution in [3.8, 4) is 10.8 Å². The van der Waals surface area contributed by atoms with E-state index in [9.17, 15) is 4.79 Å². The van der Waals surface area contributed by atoms with Crippen LogP contribution in [0, 0.1) is 21.3 Å². The molecule has 7 heteroatoms. The molecule has 0 saturated heterocycles. The van der Waals surface area contributed by atoms with Crippen molar-refractivity contribution in [2.75, 3.05) is 29.5 Å². The van der Waals surface area contributed by atoms with Crippen LogP contribution >= 0.6 is 23.5 Å². The Labute approximate surface area is 145 Å². The van der Waals surface area contributed by atoms with Crippen LogP contribution in [0.3, 0.4) is 0 Å². The zero-order chi connectivity index (χ0) is 16.9. The van der Waals surface area contributed by atoms with Crippen LogP contribution < -0.4 is 4.90 Å². The Kier molecular flexibility index (Phi) is 9.78. The molecule has 1 rings (SSSR count). The molecule has 1 aromatic rings. The van der Waals surface area contributed by atoms with E-state index in [0.717, 1.165) is 30.8 Å². The average Bonchev–Trinajstić information content (AvgIpc) is 2.54. The SMILES string of the molecule is N#CSCCN(CCSC#N)c1ccc(CCCC(=O)O)cc1. The number of hydrogen-bond acceptors (Lipinski definition) is 6. The second kappa shape index (κ2) is 11.7. The van der Waals surface area contributed by atoms with E-state index in [1.165, 1.54) is 23.5 Å². The number of carboxylic acids is 1. The Morgan fingerprint density at radius 2 is 1.65 bits per heavy atom. The first-order valence-corrected chi connectivity index (χ1v) is 9.22. The van der Waals surface area contributed by atoms with Gasteiger partial charge in [-0.2, -0.15) is 10.5 Å². The summed E-state index contributed by atoms with van der Waals surface area (Å²) in [5.41, 5.74) is 2.18. The van der Waals surface area contributed by atoms with Crippen LogP contribution in [0.25, 0.3) is 0 Å². The summed E-state index contributed by atoms with van der Waals surface area (Å²) in [6.45, 7) is 1.51. The first kappa shape index (κ1) is 19.2. The van der Waals surface area contributed by atoms with Gasteiger partial charge in [0.05, 0.1) is 0 Å². The summed E-state index contributed by atoms with van der Waals surface area (Å²) in [6, 6.07) is 8.06. The number of aliphatic carboxylic acids is 1. The first-order chi connectivity index (χ1) is 11.2. The van der Waals surface area contributed by atoms with Gasteiger partial charge in [0.1, 0.15) is 10.8 Å². The third-order valence-electron chi connectivity index (χ3n) is 3.21. The topological polar surface area (TPSA) is 88.1 Å². The molecule has 0 spiro atoms. The van der Waals surface area contributed by atoms with Crippen LogP contribution in [0.5, 0.6) is 0 Å². The third-order valence-corrected chi connectivity index (χ3v) is 4.24. The first-order valence-electron chi connectivity index (χ1n) is 7.25. The van der Waals surface area contributed by atoms with Crippen molar-refractivity contribution in [1.29, 1.82) is 10.5 Å². The lowest BCUT2D eigenvalue weighted by atomic mass is 10.1. The summed E-state index contributed by atoms with van der Waals surface area (Å²) in [7, 11) is 0. The fourth-order valence-electron chi connectivity index (χ4n) is 2.09. The van der Waals surface area contributed by atoms with Crippen LogP contribution in [-0.2, 0) is 11.2 Å². The monoisotopic (exact) mass is 349 g/mol. The highest BCUT2D eigenvalue weighted by atomic mass is 32.2. The van der Waals surface area contributed by atoms with Gasteiger partial charge in [-0.1, -0.05) is 12.1 Å². The zero-order valence-electron chi connectivity index (χ0n) is 12.8. The molecule has 0 unspecified atom stereocenters. The number of hydrogen-bond donors (Lipinski definition) is 1. The number of anilines is 1. The van der Waals surface area contributed by atoms with Gasteiger partial charge in [0.2, 0.25) is 0 Å². The summed E-state index contributed by atoms with van der Waals surface area (Å²) < 4.78 is 0.